The fraction of sp³-hybridized carbons (Fsp3) is 0.208. The Morgan fingerprint density at radius 1 is 0.938 bits per heavy atom. The molecular weight excluding hydrogens is 426 g/mol. The average Bonchev–Trinajstić information content (AvgIpc) is 2.77. The number of carbonyl (C=O) groups is 1. The second kappa shape index (κ2) is 8.18. The minimum atomic E-state index is -4.56. The second-order valence-corrected chi connectivity index (χ2v) is 7.35. The third-order valence-corrected chi connectivity index (χ3v) is 5.45. The van der Waals surface area contributed by atoms with Crippen LogP contribution in [0.25, 0.3) is 0 Å². The molecule has 0 spiro atoms. The molecule has 1 aliphatic rings. The summed E-state index contributed by atoms with van der Waals surface area (Å²) in [5.41, 5.74) is 1.10. The van der Waals surface area contributed by atoms with E-state index in [1.54, 1.807) is 12.1 Å². The van der Waals surface area contributed by atoms with Crippen LogP contribution in [0.5, 0.6) is 11.5 Å². The van der Waals surface area contributed by atoms with Gasteiger partial charge in [-0.1, -0.05) is 18.2 Å². The zero-order chi connectivity index (χ0) is 23.0. The van der Waals surface area contributed by atoms with Gasteiger partial charge in [-0.25, -0.2) is 4.39 Å². The molecule has 0 bridgehead atoms. The molecule has 1 aliphatic heterocycles. The van der Waals surface area contributed by atoms with Crippen LogP contribution in [0.1, 0.15) is 28.3 Å². The number of hydrogen-bond donors (Lipinski definition) is 0. The van der Waals surface area contributed by atoms with Gasteiger partial charge in [0, 0.05) is 5.69 Å². The van der Waals surface area contributed by atoms with Crippen LogP contribution >= 0.6 is 0 Å². The molecule has 3 aromatic carbocycles. The molecular formula is C24H19F4NO3. The van der Waals surface area contributed by atoms with Crippen molar-refractivity contribution in [1.29, 1.82) is 0 Å². The molecule has 1 atom stereocenters. The first-order valence-electron chi connectivity index (χ1n) is 9.72. The minimum Gasteiger partial charge on any atom is -0.493 e. The number of anilines is 1. The molecule has 8 heteroatoms. The zero-order valence-corrected chi connectivity index (χ0v) is 17.2. The summed E-state index contributed by atoms with van der Waals surface area (Å²) in [4.78, 5) is 14.5. The van der Waals surface area contributed by atoms with Crippen LogP contribution in [0.15, 0.2) is 60.7 Å². The van der Waals surface area contributed by atoms with Crippen molar-refractivity contribution in [1.82, 2.24) is 0 Å². The van der Waals surface area contributed by atoms with E-state index in [-0.39, 0.29) is 12.1 Å². The first-order valence-corrected chi connectivity index (χ1v) is 9.72. The lowest BCUT2D eigenvalue weighted by Gasteiger charge is -2.38. The number of amides is 1. The molecule has 1 heterocycles. The molecule has 166 valence electrons. The largest absolute Gasteiger partial charge is 0.493 e. The summed E-state index contributed by atoms with van der Waals surface area (Å²) in [7, 11) is 2.94. The fourth-order valence-electron chi connectivity index (χ4n) is 3.97. The fourth-order valence-corrected chi connectivity index (χ4v) is 3.97. The van der Waals surface area contributed by atoms with Crippen LogP contribution in [0, 0.1) is 5.82 Å². The highest BCUT2D eigenvalue weighted by atomic mass is 19.4. The Balaban J connectivity index is 1.94. The summed E-state index contributed by atoms with van der Waals surface area (Å²) in [5, 5.41) is 0. The summed E-state index contributed by atoms with van der Waals surface area (Å²) >= 11 is 0. The summed E-state index contributed by atoms with van der Waals surface area (Å²) in [6, 6.07) is 12.7. The van der Waals surface area contributed by atoms with Crippen molar-refractivity contribution in [2.75, 3.05) is 19.1 Å². The van der Waals surface area contributed by atoms with Crippen molar-refractivity contribution < 1.29 is 31.8 Å². The lowest BCUT2D eigenvalue weighted by molar-refractivity contribution is -0.137. The van der Waals surface area contributed by atoms with E-state index >= 15 is 0 Å². The monoisotopic (exact) mass is 445 g/mol. The molecule has 3 aromatic rings. The first kappa shape index (κ1) is 21.7. The van der Waals surface area contributed by atoms with Gasteiger partial charge in [0.15, 0.2) is 11.5 Å². The number of halogens is 4. The molecule has 4 nitrogen and oxygen atoms in total. The average molecular weight is 445 g/mol. The maximum Gasteiger partial charge on any atom is 0.416 e. The zero-order valence-electron chi connectivity index (χ0n) is 17.2. The Labute approximate surface area is 182 Å². The van der Waals surface area contributed by atoms with Gasteiger partial charge in [-0.2, -0.15) is 13.2 Å². The van der Waals surface area contributed by atoms with Crippen LogP contribution in [0.3, 0.4) is 0 Å². The number of ether oxygens (including phenoxy) is 2. The lowest BCUT2D eigenvalue weighted by atomic mass is 9.86. The van der Waals surface area contributed by atoms with Crippen molar-refractivity contribution >= 4 is 11.6 Å². The number of nitrogens with zero attached hydrogens (tertiary/aromatic N) is 1. The minimum absolute atomic E-state index is 0.0381. The maximum absolute atomic E-state index is 13.6. The highest BCUT2D eigenvalue weighted by Crippen LogP contribution is 2.44. The molecule has 0 fully saturated rings. The van der Waals surface area contributed by atoms with Gasteiger partial charge >= 0.3 is 6.18 Å². The molecule has 32 heavy (non-hydrogen) atoms. The Morgan fingerprint density at radius 3 is 2.22 bits per heavy atom. The second-order valence-electron chi connectivity index (χ2n) is 7.35. The van der Waals surface area contributed by atoms with E-state index in [0.29, 0.717) is 28.2 Å². The van der Waals surface area contributed by atoms with Crippen molar-refractivity contribution in [2.24, 2.45) is 0 Å². The third kappa shape index (κ3) is 3.88. The predicted molar refractivity (Wildman–Crippen MR) is 110 cm³/mol. The van der Waals surface area contributed by atoms with Gasteiger partial charge in [0.25, 0.3) is 0 Å². The molecule has 0 N–H and O–H groups in total. The lowest BCUT2D eigenvalue weighted by Crippen LogP contribution is -2.41. The van der Waals surface area contributed by atoms with Crippen molar-refractivity contribution in [3.63, 3.8) is 0 Å². The van der Waals surface area contributed by atoms with Crippen LogP contribution < -0.4 is 14.4 Å². The topological polar surface area (TPSA) is 38.8 Å². The molecule has 0 aromatic heterocycles. The summed E-state index contributed by atoms with van der Waals surface area (Å²) < 4.78 is 64.4. The Bertz CT molecular complexity index is 1160. The summed E-state index contributed by atoms with van der Waals surface area (Å²) in [6.45, 7) is 0. The number of hydrogen-bond acceptors (Lipinski definition) is 3. The van der Waals surface area contributed by atoms with Gasteiger partial charge in [-0.05, 0) is 59.2 Å². The van der Waals surface area contributed by atoms with Crippen LogP contribution in [0.2, 0.25) is 0 Å². The summed E-state index contributed by atoms with van der Waals surface area (Å²) in [5.74, 6) is -0.00598. The van der Waals surface area contributed by atoms with Gasteiger partial charge in [0.1, 0.15) is 5.82 Å². The van der Waals surface area contributed by atoms with E-state index in [1.165, 1.54) is 55.5 Å². The van der Waals surface area contributed by atoms with E-state index in [0.717, 1.165) is 12.1 Å². The van der Waals surface area contributed by atoms with Gasteiger partial charge < -0.3 is 14.4 Å². The smallest absolute Gasteiger partial charge is 0.416 e. The Hall–Kier alpha value is -3.55. The van der Waals surface area contributed by atoms with E-state index in [4.69, 9.17) is 9.47 Å². The maximum atomic E-state index is 13.6. The number of carbonyl (C=O) groups excluding carboxylic acids is 1. The van der Waals surface area contributed by atoms with Crippen LogP contribution in [-0.2, 0) is 17.4 Å². The predicted octanol–water partition coefficient (Wildman–Crippen LogP) is 5.54. The van der Waals surface area contributed by atoms with Crippen LogP contribution in [-0.4, -0.2) is 20.1 Å². The van der Waals surface area contributed by atoms with E-state index in [2.05, 4.69) is 0 Å². The molecule has 1 amide bonds. The van der Waals surface area contributed by atoms with Gasteiger partial charge in [-0.15, -0.1) is 0 Å². The number of rotatable bonds is 4. The van der Waals surface area contributed by atoms with Crippen molar-refractivity contribution in [3.05, 3.63) is 88.7 Å². The third-order valence-electron chi connectivity index (χ3n) is 5.45. The SMILES string of the molecule is COc1cc2c(cc1OC)[C@H](c1ccc(F)cc1)N(c1cccc(C(F)(F)F)c1)C(=O)C2. The number of alkyl halides is 3. The highest BCUT2D eigenvalue weighted by Gasteiger charge is 2.37. The number of fused-ring (bicyclic) bond motifs is 1. The normalized spacial score (nSPS) is 16.0. The quantitative estimate of drug-likeness (QED) is 0.495. The van der Waals surface area contributed by atoms with E-state index in [9.17, 15) is 22.4 Å². The number of benzene rings is 3. The highest BCUT2D eigenvalue weighted by molar-refractivity contribution is 5.98. The van der Waals surface area contributed by atoms with Crippen LogP contribution in [0.4, 0.5) is 23.2 Å². The molecule has 0 radical (unpaired) electrons. The standard InChI is InChI=1S/C24H19F4NO3/c1-31-20-10-15-11-22(30)29(18-5-3-4-16(12-18)24(26,27)28)23(19(15)13-21(20)32-2)14-6-8-17(25)9-7-14/h3-10,12-13,23H,11H2,1-2H3/t23-/m0/s1. The number of methoxy groups -OCH3 is 2. The summed E-state index contributed by atoms with van der Waals surface area (Å²) in [6.07, 6.45) is -4.60. The molecule has 0 aliphatic carbocycles. The molecule has 0 unspecified atom stereocenters. The molecule has 4 rings (SSSR count). The van der Waals surface area contributed by atoms with Gasteiger partial charge in [-0.3, -0.25) is 4.79 Å². The molecule has 0 saturated carbocycles. The van der Waals surface area contributed by atoms with E-state index in [1.807, 2.05) is 0 Å². The van der Waals surface area contributed by atoms with Crippen molar-refractivity contribution in [3.8, 4) is 11.5 Å². The van der Waals surface area contributed by atoms with Crippen molar-refractivity contribution in [2.45, 2.75) is 18.6 Å². The van der Waals surface area contributed by atoms with Gasteiger partial charge in [0.05, 0.1) is 32.2 Å². The Morgan fingerprint density at radius 2 is 1.59 bits per heavy atom. The molecule has 0 saturated heterocycles. The first-order chi connectivity index (χ1) is 15.2. The van der Waals surface area contributed by atoms with Gasteiger partial charge in [0.2, 0.25) is 5.91 Å². The van der Waals surface area contributed by atoms with E-state index < -0.39 is 29.5 Å². The Kier molecular flexibility index (Phi) is 5.54.